The van der Waals surface area contributed by atoms with Crippen LogP contribution in [0.15, 0.2) is 24.3 Å². The Bertz CT molecular complexity index is 499. The number of ether oxygens (including phenoxy) is 1. The van der Waals surface area contributed by atoms with Gasteiger partial charge in [-0.2, -0.15) is 13.2 Å². The van der Waals surface area contributed by atoms with Crippen molar-refractivity contribution < 1.29 is 32.6 Å². The van der Waals surface area contributed by atoms with E-state index in [1.807, 2.05) is 0 Å². The lowest BCUT2D eigenvalue weighted by molar-refractivity contribution is -0.149. The fourth-order valence-corrected chi connectivity index (χ4v) is 1.67. The molecule has 1 N–H and O–H groups in total. The molecular formula is C13H14F3NO4. The first-order chi connectivity index (χ1) is 9.73. The van der Waals surface area contributed by atoms with E-state index in [0.29, 0.717) is 6.61 Å². The molecule has 1 aromatic rings. The number of nitrogens with zero attached hydrogens (tertiary/aromatic N) is 1. The Hall–Kier alpha value is -2.09. The Kier molecular flexibility index (Phi) is 5.71. The van der Waals surface area contributed by atoms with E-state index in [1.54, 1.807) is 0 Å². The number of rotatable bonds is 6. The van der Waals surface area contributed by atoms with Crippen molar-refractivity contribution in [1.29, 1.82) is 0 Å². The van der Waals surface area contributed by atoms with Gasteiger partial charge in [-0.15, -0.1) is 0 Å². The van der Waals surface area contributed by atoms with E-state index in [4.69, 9.17) is 9.84 Å². The molecule has 1 amide bonds. The van der Waals surface area contributed by atoms with Crippen LogP contribution < -0.4 is 0 Å². The maximum Gasteiger partial charge on any atom is 0.406 e. The lowest BCUT2D eigenvalue weighted by Crippen LogP contribution is -2.42. The van der Waals surface area contributed by atoms with Gasteiger partial charge in [-0.1, -0.05) is 12.1 Å². The van der Waals surface area contributed by atoms with Crippen molar-refractivity contribution >= 4 is 11.9 Å². The van der Waals surface area contributed by atoms with Gasteiger partial charge in [0.15, 0.2) is 0 Å². The van der Waals surface area contributed by atoms with Gasteiger partial charge in [-0.25, -0.2) is 0 Å². The first-order valence-electron chi connectivity index (χ1n) is 5.88. The highest BCUT2D eigenvalue weighted by molar-refractivity contribution is 5.95. The van der Waals surface area contributed by atoms with E-state index >= 15 is 0 Å². The minimum absolute atomic E-state index is 0.0136. The Labute approximate surface area is 118 Å². The Morgan fingerprint density at radius 2 is 1.81 bits per heavy atom. The number of aliphatic carboxylic acids is 1. The first-order valence-corrected chi connectivity index (χ1v) is 5.88. The van der Waals surface area contributed by atoms with Crippen molar-refractivity contribution in [2.45, 2.75) is 12.8 Å². The maximum atomic E-state index is 12.4. The summed E-state index contributed by atoms with van der Waals surface area (Å²) in [6.45, 7) is -2.33. The largest absolute Gasteiger partial charge is 0.480 e. The number of carbonyl (C=O) groups excluding carboxylic acids is 1. The van der Waals surface area contributed by atoms with Crippen molar-refractivity contribution in [2.75, 3.05) is 20.2 Å². The quantitative estimate of drug-likeness (QED) is 0.872. The van der Waals surface area contributed by atoms with Gasteiger partial charge >= 0.3 is 12.1 Å². The first kappa shape index (κ1) is 17.0. The van der Waals surface area contributed by atoms with E-state index < -0.39 is 31.1 Å². The molecular weight excluding hydrogens is 291 g/mol. The van der Waals surface area contributed by atoms with Gasteiger partial charge in [0.25, 0.3) is 5.91 Å². The summed E-state index contributed by atoms with van der Waals surface area (Å²) in [6, 6.07) is 5.73. The SMILES string of the molecule is COCc1ccc(C(=O)N(CC(=O)O)CC(F)(F)F)cc1. The Morgan fingerprint density at radius 3 is 2.24 bits per heavy atom. The normalized spacial score (nSPS) is 11.2. The van der Waals surface area contributed by atoms with Crippen molar-refractivity contribution in [3.05, 3.63) is 35.4 Å². The second-order valence-corrected chi connectivity index (χ2v) is 4.30. The molecule has 0 aliphatic rings. The zero-order valence-electron chi connectivity index (χ0n) is 11.2. The lowest BCUT2D eigenvalue weighted by Gasteiger charge is -2.22. The molecule has 0 unspecified atom stereocenters. The van der Waals surface area contributed by atoms with Crippen molar-refractivity contribution in [3.8, 4) is 0 Å². The summed E-state index contributed by atoms with van der Waals surface area (Å²) in [6.07, 6.45) is -4.67. The summed E-state index contributed by atoms with van der Waals surface area (Å²) in [5, 5.41) is 8.61. The van der Waals surface area contributed by atoms with Crippen molar-refractivity contribution in [2.24, 2.45) is 0 Å². The molecule has 116 valence electrons. The van der Waals surface area contributed by atoms with Crippen molar-refractivity contribution in [3.63, 3.8) is 0 Å². The van der Waals surface area contributed by atoms with Gasteiger partial charge < -0.3 is 14.7 Å². The molecule has 8 heteroatoms. The molecule has 0 saturated carbocycles. The number of benzene rings is 1. The van der Waals surface area contributed by atoms with E-state index in [2.05, 4.69) is 0 Å². The molecule has 0 radical (unpaired) electrons. The molecule has 0 saturated heterocycles. The smallest absolute Gasteiger partial charge is 0.406 e. The summed E-state index contributed by atoms with van der Waals surface area (Å²) in [4.78, 5) is 22.8. The molecule has 21 heavy (non-hydrogen) atoms. The Morgan fingerprint density at radius 1 is 1.24 bits per heavy atom. The van der Waals surface area contributed by atoms with Crippen LogP contribution in [0.5, 0.6) is 0 Å². The topological polar surface area (TPSA) is 66.8 Å². The number of hydrogen-bond donors (Lipinski definition) is 1. The van der Waals surface area contributed by atoms with Crippen LogP contribution in [0, 0.1) is 0 Å². The number of carboxylic acids is 1. The minimum atomic E-state index is -4.67. The standard InChI is InChI=1S/C13H14F3NO4/c1-21-7-9-2-4-10(5-3-9)12(20)17(6-11(18)19)8-13(14,15)16/h2-5H,6-8H2,1H3,(H,18,19). The van der Waals surface area contributed by atoms with Crippen molar-refractivity contribution in [1.82, 2.24) is 4.90 Å². The van der Waals surface area contributed by atoms with Gasteiger partial charge in [0.2, 0.25) is 0 Å². The lowest BCUT2D eigenvalue weighted by atomic mass is 10.1. The van der Waals surface area contributed by atoms with Crippen LogP contribution in [0.25, 0.3) is 0 Å². The molecule has 1 rings (SSSR count). The average Bonchev–Trinajstić information content (AvgIpc) is 2.36. The average molecular weight is 305 g/mol. The highest BCUT2D eigenvalue weighted by Crippen LogP contribution is 2.18. The monoisotopic (exact) mass is 305 g/mol. The second-order valence-electron chi connectivity index (χ2n) is 4.30. The second kappa shape index (κ2) is 7.07. The molecule has 0 fully saturated rings. The van der Waals surface area contributed by atoms with Crippen LogP contribution in [0.1, 0.15) is 15.9 Å². The molecule has 0 bridgehead atoms. The third-order valence-corrected chi connectivity index (χ3v) is 2.50. The summed E-state index contributed by atoms with van der Waals surface area (Å²) < 4.78 is 42.1. The van der Waals surface area contributed by atoms with Crippen LogP contribution in [0.4, 0.5) is 13.2 Å². The van der Waals surface area contributed by atoms with E-state index in [-0.39, 0.29) is 10.5 Å². The molecule has 0 aliphatic carbocycles. The predicted molar refractivity (Wildman–Crippen MR) is 66.7 cm³/mol. The fourth-order valence-electron chi connectivity index (χ4n) is 1.67. The molecule has 0 spiro atoms. The predicted octanol–water partition coefficient (Wildman–Crippen LogP) is 1.92. The summed E-state index contributed by atoms with van der Waals surface area (Å²) >= 11 is 0. The number of methoxy groups -OCH3 is 1. The van der Waals surface area contributed by atoms with E-state index in [0.717, 1.165) is 5.56 Å². The highest BCUT2D eigenvalue weighted by atomic mass is 19.4. The number of hydrogen-bond acceptors (Lipinski definition) is 3. The third-order valence-electron chi connectivity index (χ3n) is 2.50. The van der Waals surface area contributed by atoms with Gasteiger partial charge in [0.1, 0.15) is 13.1 Å². The van der Waals surface area contributed by atoms with Gasteiger partial charge in [0, 0.05) is 12.7 Å². The minimum Gasteiger partial charge on any atom is -0.480 e. The van der Waals surface area contributed by atoms with Gasteiger partial charge in [-0.05, 0) is 17.7 Å². The molecule has 5 nitrogen and oxygen atoms in total. The molecule has 1 aromatic carbocycles. The highest BCUT2D eigenvalue weighted by Gasteiger charge is 2.34. The molecule has 0 aromatic heterocycles. The number of halogens is 3. The Balaban J connectivity index is 2.90. The molecule has 0 atom stereocenters. The van der Waals surface area contributed by atoms with Crippen LogP contribution in [0.3, 0.4) is 0 Å². The van der Waals surface area contributed by atoms with Gasteiger partial charge in [-0.3, -0.25) is 9.59 Å². The van der Waals surface area contributed by atoms with Gasteiger partial charge in [0.05, 0.1) is 6.61 Å². The number of alkyl halides is 3. The van der Waals surface area contributed by atoms with E-state index in [1.165, 1.54) is 31.4 Å². The van der Waals surface area contributed by atoms with Crippen LogP contribution in [0.2, 0.25) is 0 Å². The number of carboxylic acid groups (broad SMARTS) is 1. The fraction of sp³-hybridized carbons (Fsp3) is 0.385. The summed E-state index contributed by atoms with van der Waals surface area (Å²) in [5.41, 5.74) is 0.731. The van der Waals surface area contributed by atoms with Crippen LogP contribution in [-0.2, 0) is 16.1 Å². The number of amides is 1. The van der Waals surface area contributed by atoms with E-state index in [9.17, 15) is 22.8 Å². The molecule has 0 aliphatic heterocycles. The molecule has 0 heterocycles. The maximum absolute atomic E-state index is 12.4. The van der Waals surface area contributed by atoms with Crippen LogP contribution in [-0.4, -0.2) is 48.3 Å². The third kappa shape index (κ3) is 5.82. The summed E-state index contributed by atoms with van der Waals surface area (Å²) in [7, 11) is 1.48. The summed E-state index contributed by atoms with van der Waals surface area (Å²) in [5.74, 6) is -2.50. The zero-order chi connectivity index (χ0) is 16.0. The van der Waals surface area contributed by atoms with Crippen LogP contribution >= 0.6 is 0 Å². The number of carbonyl (C=O) groups is 2. The zero-order valence-corrected chi connectivity index (χ0v) is 11.2.